The average molecular weight is 268 g/mol. The zero-order valence-corrected chi connectivity index (χ0v) is 12.5. The van der Waals surface area contributed by atoms with Gasteiger partial charge in [-0.15, -0.1) is 11.3 Å². The Morgan fingerprint density at radius 3 is 2.61 bits per heavy atom. The van der Waals surface area contributed by atoms with Gasteiger partial charge in [-0.25, -0.2) is 4.98 Å². The maximum Gasteiger partial charge on any atom is 0.109 e. The Bertz CT molecular complexity index is 394. The number of nitrogen functional groups attached to an aromatic ring is 1. The average Bonchev–Trinajstić information content (AvgIpc) is 2.72. The van der Waals surface area contributed by atoms with Gasteiger partial charge in [0.15, 0.2) is 0 Å². The zero-order chi connectivity index (χ0) is 13.2. The van der Waals surface area contributed by atoms with Crippen molar-refractivity contribution in [3.63, 3.8) is 0 Å². The van der Waals surface area contributed by atoms with E-state index in [1.54, 1.807) is 18.4 Å². The van der Waals surface area contributed by atoms with Crippen LogP contribution in [-0.4, -0.2) is 17.7 Å². The van der Waals surface area contributed by atoms with E-state index >= 15 is 0 Å². The molecule has 0 spiro atoms. The smallest absolute Gasteiger partial charge is 0.109 e. The maximum absolute atomic E-state index is 6.11. The van der Waals surface area contributed by atoms with E-state index < -0.39 is 0 Å². The molecular formula is C14H24N2OS. The van der Waals surface area contributed by atoms with Gasteiger partial charge in [0.25, 0.3) is 0 Å². The van der Waals surface area contributed by atoms with Gasteiger partial charge in [-0.05, 0) is 26.7 Å². The second-order valence-electron chi connectivity index (χ2n) is 5.84. The highest BCUT2D eigenvalue weighted by molar-refractivity contribution is 7.15. The molecule has 0 saturated heterocycles. The summed E-state index contributed by atoms with van der Waals surface area (Å²) in [5.41, 5.74) is 6.94. The number of methoxy groups -OCH3 is 1. The Balaban J connectivity index is 2.11. The molecule has 0 amide bonds. The number of aromatic nitrogens is 1. The topological polar surface area (TPSA) is 48.1 Å². The number of ether oxygens (including phenoxy) is 1. The van der Waals surface area contributed by atoms with E-state index in [1.807, 2.05) is 0 Å². The first-order chi connectivity index (χ1) is 8.52. The lowest BCUT2D eigenvalue weighted by Gasteiger charge is -2.22. The van der Waals surface area contributed by atoms with Crippen LogP contribution >= 0.6 is 11.3 Å². The van der Waals surface area contributed by atoms with Crippen LogP contribution in [-0.2, 0) is 11.2 Å². The molecule has 4 heteroatoms. The first-order valence-electron chi connectivity index (χ1n) is 6.82. The lowest BCUT2D eigenvalue weighted by atomic mass is 9.90. The first-order valence-corrected chi connectivity index (χ1v) is 7.64. The fourth-order valence-electron chi connectivity index (χ4n) is 2.51. The molecular weight excluding hydrogens is 244 g/mol. The van der Waals surface area contributed by atoms with Crippen LogP contribution in [0.4, 0.5) is 5.00 Å². The van der Waals surface area contributed by atoms with E-state index in [-0.39, 0.29) is 5.60 Å². The third-order valence-corrected chi connectivity index (χ3v) is 4.93. The molecule has 0 aliphatic heterocycles. The summed E-state index contributed by atoms with van der Waals surface area (Å²) < 4.78 is 5.46. The summed E-state index contributed by atoms with van der Waals surface area (Å²) >= 11 is 1.68. The van der Waals surface area contributed by atoms with Crippen molar-refractivity contribution in [3.8, 4) is 0 Å². The molecule has 1 heterocycles. The minimum Gasteiger partial charge on any atom is -0.389 e. The van der Waals surface area contributed by atoms with Crippen molar-refractivity contribution in [2.45, 2.75) is 63.9 Å². The van der Waals surface area contributed by atoms with Gasteiger partial charge in [-0.3, -0.25) is 0 Å². The van der Waals surface area contributed by atoms with Crippen molar-refractivity contribution in [1.29, 1.82) is 0 Å². The number of thiazole rings is 1. The Morgan fingerprint density at radius 2 is 2.00 bits per heavy atom. The van der Waals surface area contributed by atoms with Gasteiger partial charge < -0.3 is 10.5 Å². The van der Waals surface area contributed by atoms with Gasteiger partial charge in [-0.2, -0.15) is 0 Å². The number of nitrogens with zero attached hydrogens (tertiary/aromatic N) is 1. The van der Waals surface area contributed by atoms with Gasteiger partial charge in [0.1, 0.15) is 5.00 Å². The van der Waals surface area contributed by atoms with Gasteiger partial charge in [-0.1, -0.05) is 19.3 Å². The third-order valence-electron chi connectivity index (χ3n) is 3.84. The molecule has 0 bridgehead atoms. The van der Waals surface area contributed by atoms with Crippen LogP contribution in [0.2, 0.25) is 0 Å². The van der Waals surface area contributed by atoms with Gasteiger partial charge in [0.05, 0.1) is 16.3 Å². The van der Waals surface area contributed by atoms with Crippen LogP contribution in [0.3, 0.4) is 0 Å². The van der Waals surface area contributed by atoms with Crippen LogP contribution in [0.1, 0.15) is 62.6 Å². The quantitative estimate of drug-likeness (QED) is 0.905. The van der Waals surface area contributed by atoms with Crippen LogP contribution in [0.25, 0.3) is 0 Å². The Hall–Kier alpha value is -0.610. The third kappa shape index (κ3) is 3.23. The highest BCUT2D eigenvalue weighted by Crippen LogP contribution is 2.37. The van der Waals surface area contributed by atoms with Crippen LogP contribution < -0.4 is 5.73 Å². The molecule has 1 aliphatic carbocycles. The molecule has 2 N–H and O–H groups in total. The standard InChI is InChI=1S/C14H24N2OS/c1-14(2,17-3)9-11-12(15)18-13(16-11)10-7-5-4-6-8-10/h10H,4-9,15H2,1-3H3. The Kier molecular flexibility index (Phi) is 4.28. The van der Waals surface area contributed by atoms with Crippen molar-refractivity contribution in [2.24, 2.45) is 0 Å². The predicted molar refractivity (Wildman–Crippen MR) is 77.1 cm³/mol. The molecule has 18 heavy (non-hydrogen) atoms. The fourth-order valence-corrected chi connectivity index (χ4v) is 3.53. The summed E-state index contributed by atoms with van der Waals surface area (Å²) in [5.74, 6) is 0.644. The molecule has 1 aliphatic rings. The minimum absolute atomic E-state index is 0.188. The molecule has 0 radical (unpaired) electrons. The molecule has 0 unspecified atom stereocenters. The second-order valence-corrected chi connectivity index (χ2v) is 6.90. The van der Waals surface area contributed by atoms with E-state index in [0.29, 0.717) is 5.92 Å². The summed E-state index contributed by atoms with van der Waals surface area (Å²) in [7, 11) is 1.74. The summed E-state index contributed by atoms with van der Waals surface area (Å²) in [6.07, 6.45) is 7.39. The predicted octanol–water partition coefficient (Wildman–Crippen LogP) is 3.74. The molecule has 1 fully saturated rings. The summed E-state index contributed by atoms with van der Waals surface area (Å²) in [5, 5.41) is 2.12. The lowest BCUT2D eigenvalue weighted by Crippen LogP contribution is -2.26. The van der Waals surface area contributed by atoms with E-state index in [1.165, 1.54) is 37.1 Å². The van der Waals surface area contributed by atoms with Crippen molar-refractivity contribution in [1.82, 2.24) is 4.98 Å². The number of nitrogens with two attached hydrogens (primary N) is 1. The molecule has 2 rings (SSSR count). The zero-order valence-electron chi connectivity index (χ0n) is 11.7. The highest BCUT2D eigenvalue weighted by Gasteiger charge is 2.24. The molecule has 3 nitrogen and oxygen atoms in total. The van der Waals surface area contributed by atoms with Crippen LogP contribution in [0.5, 0.6) is 0 Å². The lowest BCUT2D eigenvalue weighted by molar-refractivity contribution is 0.0226. The SMILES string of the molecule is COC(C)(C)Cc1nc(C2CCCCC2)sc1N. The van der Waals surface area contributed by atoms with Crippen LogP contribution in [0, 0.1) is 0 Å². The number of anilines is 1. The fraction of sp³-hybridized carbons (Fsp3) is 0.786. The second kappa shape index (κ2) is 5.57. The molecule has 102 valence electrons. The van der Waals surface area contributed by atoms with E-state index in [9.17, 15) is 0 Å². The highest BCUT2D eigenvalue weighted by atomic mass is 32.1. The number of hydrogen-bond acceptors (Lipinski definition) is 4. The molecule has 1 saturated carbocycles. The van der Waals surface area contributed by atoms with Crippen molar-refractivity contribution in [2.75, 3.05) is 12.8 Å². The van der Waals surface area contributed by atoms with E-state index in [4.69, 9.17) is 15.5 Å². The molecule has 0 aromatic carbocycles. The molecule has 1 aromatic heterocycles. The Labute approximate surface area is 114 Å². The van der Waals surface area contributed by atoms with Gasteiger partial charge >= 0.3 is 0 Å². The van der Waals surface area contributed by atoms with Crippen molar-refractivity contribution in [3.05, 3.63) is 10.7 Å². The van der Waals surface area contributed by atoms with Crippen molar-refractivity contribution < 1.29 is 4.74 Å². The van der Waals surface area contributed by atoms with Crippen molar-refractivity contribution >= 4 is 16.3 Å². The van der Waals surface area contributed by atoms with Crippen LogP contribution in [0.15, 0.2) is 0 Å². The number of rotatable bonds is 4. The number of hydrogen-bond donors (Lipinski definition) is 1. The first kappa shape index (κ1) is 13.8. The Morgan fingerprint density at radius 1 is 1.33 bits per heavy atom. The summed E-state index contributed by atoms with van der Waals surface area (Å²) in [6.45, 7) is 4.15. The minimum atomic E-state index is -0.188. The monoisotopic (exact) mass is 268 g/mol. The van der Waals surface area contributed by atoms with Gasteiger partial charge in [0, 0.05) is 19.4 Å². The summed E-state index contributed by atoms with van der Waals surface area (Å²) in [4.78, 5) is 4.78. The van der Waals surface area contributed by atoms with Gasteiger partial charge in [0.2, 0.25) is 0 Å². The molecule has 1 aromatic rings. The largest absolute Gasteiger partial charge is 0.389 e. The van der Waals surface area contributed by atoms with E-state index in [0.717, 1.165) is 17.1 Å². The van der Waals surface area contributed by atoms with E-state index in [2.05, 4.69) is 13.8 Å². The maximum atomic E-state index is 6.11. The molecule has 0 atom stereocenters. The summed E-state index contributed by atoms with van der Waals surface area (Å²) in [6, 6.07) is 0. The normalized spacial score (nSPS) is 18.2.